The van der Waals surface area contributed by atoms with Crippen LogP contribution in [0, 0.1) is 0 Å². The van der Waals surface area contributed by atoms with Crippen molar-refractivity contribution < 1.29 is 0 Å². The number of fused-ring (bicyclic) bond motifs is 14. The van der Waals surface area contributed by atoms with Crippen molar-refractivity contribution in [1.29, 1.82) is 0 Å². The molecule has 0 aliphatic heterocycles. The third-order valence-corrected chi connectivity index (χ3v) is 15.5. The van der Waals surface area contributed by atoms with Crippen LogP contribution in [-0.4, -0.2) is 9.13 Å². The summed E-state index contributed by atoms with van der Waals surface area (Å²) in [6.45, 7) is 9.67. The second-order valence-corrected chi connectivity index (χ2v) is 19.3. The summed E-state index contributed by atoms with van der Waals surface area (Å²) in [5.41, 5.74) is 22.4. The average Bonchev–Trinajstić information content (AvgIpc) is 3.94. The van der Waals surface area contributed by atoms with Crippen molar-refractivity contribution in [2.75, 3.05) is 0 Å². The predicted octanol–water partition coefficient (Wildman–Crippen LogP) is 15.6. The smallest absolute Gasteiger partial charge is 0.0531 e. The second kappa shape index (κ2) is 12.7. The van der Waals surface area contributed by atoms with Crippen molar-refractivity contribution in [2.24, 2.45) is 14.1 Å². The molecule has 9 aromatic carbocycles. The van der Waals surface area contributed by atoms with Gasteiger partial charge in [0.15, 0.2) is 0 Å². The van der Waals surface area contributed by atoms with Crippen molar-refractivity contribution in [3.63, 3.8) is 0 Å². The van der Waals surface area contributed by atoms with E-state index in [1.807, 2.05) is 0 Å². The Balaban J connectivity index is 1.04. The number of para-hydroxylation sites is 4. The lowest BCUT2D eigenvalue weighted by molar-refractivity contribution is 0.659. The van der Waals surface area contributed by atoms with Crippen molar-refractivity contribution >= 4 is 54.4 Å². The standard InChI is InChI=1S/C61H48N2/c1-60(2)50-26-12-9-18-39(50)40-31-29-36(33-51(40)60)49-35-53-57(43-21-8-7-17-38(43)49)46-32-30-37(34-52(46)61(53,3)4)56(47-24-15-22-44-41-19-10-13-27-54(41)62(5)58(44)47)48-25-16-23-45-42-20-11-14-28-55(42)63(6)59(45)48/h7-35,56H,1-6H3. The fourth-order valence-corrected chi connectivity index (χ4v) is 12.4. The van der Waals surface area contributed by atoms with Gasteiger partial charge in [-0.25, -0.2) is 0 Å². The van der Waals surface area contributed by atoms with Crippen LogP contribution < -0.4 is 0 Å². The quantitative estimate of drug-likeness (QED) is 0.157. The average molecular weight is 809 g/mol. The zero-order chi connectivity index (χ0) is 42.5. The Morgan fingerprint density at radius 3 is 1.54 bits per heavy atom. The van der Waals surface area contributed by atoms with Gasteiger partial charge in [-0.1, -0.05) is 179 Å². The zero-order valence-electron chi connectivity index (χ0n) is 36.7. The van der Waals surface area contributed by atoms with Gasteiger partial charge in [0.05, 0.1) is 11.0 Å². The van der Waals surface area contributed by atoms with Gasteiger partial charge in [0.2, 0.25) is 0 Å². The number of benzene rings is 9. The molecule has 0 unspecified atom stereocenters. The maximum atomic E-state index is 2.58. The van der Waals surface area contributed by atoms with Crippen LogP contribution in [0.4, 0.5) is 0 Å². The molecule has 0 fully saturated rings. The van der Waals surface area contributed by atoms with Gasteiger partial charge in [0, 0.05) is 63.4 Å². The summed E-state index contributed by atoms with van der Waals surface area (Å²) in [4.78, 5) is 0. The van der Waals surface area contributed by atoms with E-state index in [1.165, 1.54) is 127 Å². The number of nitrogens with zero attached hydrogens (tertiary/aromatic N) is 2. The van der Waals surface area contributed by atoms with Crippen LogP contribution in [0.15, 0.2) is 176 Å². The van der Waals surface area contributed by atoms with Crippen molar-refractivity contribution in [3.8, 4) is 33.4 Å². The fraction of sp³-hybridized carbons (Fsp3) is 0.148. The fourth-order valence-electron chi connectivity index (χ4n) is 12.4. The summed E-state index contributed by atoms with van der Waals surface area (Å²) in [7, 11) is 4.49. The van der Waals surface area contributed by atoms with Gasteiger partial charge < -0.3 is 9.13 Å². The van der Waals surface area contributed by atoms with E-state index in [0.29, 0.717) is 0 Å². The predicted molar refractivity (Wildman–Crippen MR) is 266 cm³/mol. The highest BCUT2D eigenvalue weighted by molar-refractivity contribution is 6.12. The van der Waals surface area contributed by atoms with E-state index < -0.39 is 0 Å². The first kappa shape index (κ1) is 36.5. The number of aryl methyl sites for hydroxylation is 2. The Kier molecular flexibility index (Phi) is 7.36. The van der Waals surface area contributed by atoms with Crippen molar-refractivity contribution in [1.82, 2.24) is 9.13 Å². The Morgan fingerprint density at radius 2 is 0.873 bits per heavy atom. The van der Waals surface area contributed by atoms with Crippen LogP contribution in [0.5, 0.6) is 0 Å². The van der Waals surface area contributed by atoms with E-state index in [0.717, 1.165) is 0 Å². The lowest BCUT2D eigenvalue weighted by Gasteiger charge is -2.26. The molecule has 2 aliphatic carbocycles. The molecular formula is C61H48N2. The number of hydrogen-bond acceptors (Lipinski definition) is 0. The number of aromatic nitrogens is 2. The Hall–Kier alpha value is -7.16. The largest absolute Gasteiger partial charge is 0.343 e. The molecule has 0 saturated carbocycles. The van der Waals surface area contributed by atoms with E-state index in [1.54, 1.807) is 0 Å². The zero-order valence-corrected chi connectivity index (χ0v) is 36.7. The van der Waals surface area contributed by atoms with Gasteiger partial charge in [-0.3, -0.25) is 0 Å². The molecule has 0 amide bonds. The van der Waals surface area contributed by atoms with Crippen molar-refractivity contribution in [3.05, 3.63) is 215 Å². The molecule has 0 N–H and O–H groups in total. The molecule has 11 aromatic rings. The molecule has 0 spiro atoms. The molecule has 13 rings (SSSR count). The maximum Gasteiger partial charge on any atom is 0.0531 e. The first-order valence-corrected chi connectivity index (χ1v) is 22.5. The first-order chi connectivity index (χ1) is 30.6. The van der Waals surface area contributed by atoms with Gasteiger partial charge in [-0.05, 0) is 107 Å². The lowest BCUT2D eigenvalue weighted by atomic mass is 9.77. The summed E-state index contributed by atoms with van der Waals surface area (Å²) >= 11 is 0. The molecule has 2 nitrogen and oxygen atoms in total. The Bertz CT molecular complexity index is 3650. The summed E-state index contributed by atoms with van der Waals surface area (Å²) < 4.78 is 4.85. The van der Waals surface area contributed by atoms with Crippen LogP contribution in [0.25, 0.3) is 87.8 Å². The van der Waals surface area contributed by atoms with E-state index >= 15 is 0 Å². The molecule has 2 heterocycles. The number of hydrogen-bond donors (Lipinski definition) is 0. The van der Waals surface area contributed by atoms with Gasteiger partial charge >= 0.3 is 0 Å². The van der Waals surface area contributed by atoms with Crippen LogP contribution in [-0.2, 0) is 24.9 Å². The van der Waals surface area contributed by atoms with Gasteiger partial charge in [0.1, 0.15) is 0 Å². The molecule has 0 bridgehead atoms. The Morgan fingerprint density at radius 1 is 0.365 bits per heavy atom. The topological polar surface area (TPSA) is 9.86 Å². The summed E-state index contributed by atoms with van der Waals surface area (Å²) in [5, 5.41) is 7.81. The molecule has 302 valence electrons. The SMILES string of the molecule is Cn1c2ccccc2c2cccc(C(c3ccc4c(c3)C(C)(C)c3cc(-c5ccc6c(c5)C(C)(C)c5ccccc5-6)c5ccccc5c3-4)c3cccc4c5ccccc5n(C)c34)c21. The molecule has 2 aliphatic rings. The summed E-state index contributed by atoms with van der Waals surface area (Å²) in [6, 6.07) is 67.0. The minimum Gasteiger partial charge on any atom is -0.343 e. The molecule has 2 aromatic heterocycles. The van der Waals surface area contributed by atoms with E-state index in [9.17, 15) is 0 Å². The first-order valence-electron chi connectivity index (χ1n) is 22.5. The lowest BCUT2D eigenvalue weighted by Crippen LogP contribution is -2.16. The summed E-state index contributed by atoms with van der Waals surface area (Å²) in [5.74, 6) is -0.0283. The Labute approximate surface area is 368 Å². The highest BCUT2D eigenvalue weighted by atomic mass is 14.9. The van der Waals surface area contributed by atoms with E-state index in [4.69, 9.17) is 0 Å². The normalized spacial score (nSPS) is 14.6. The van der Waals surface area contributed by atoms with E-state index in [2.05, 4.69) is 227 Å². The highest BCUT2D eigenvalue weighted by Gasteiger charge is 2.40. The molecule has 0 atom stereocenters. The molecule has 63 heavy (non-hydrogen) atoms. The minimum atomic E-state index is -0.242. The van der Waals surface area contributed by atoms with Crippen molar-refractivity contribution in [2.45, 2.75) is 44.4 Å². The van der Waals surface area contributed by atoms with Crippen LogP contribution >= 0.6 is 0 Å². The van der Waals surface area contributed by atoms with E-state index in [-0.39, 0.29) is 16.7 Å². The van der Waals surface area contributed by atoms with Crippen LogP contribution in [0.3, 0.4) is 0 Å². The number of rotatable bonds is 4. The maximum absolute atomic E-state index is 2.58. The third-order valence-electron chi connectivity index (χ3n) is 15.5. The second-order valence-electron chi connectivity index (χ2n) is 19.3. The van der Waals surface area contributed by atoms with Crippen LogP contribution in [0.1, 0.15) is 72.6 Å². The van der Waals surface area contributed by atoms with Gasteiger partial charge in [0.25, 0.3) is 0 Å². The highest BCUT2D eigenvalue weighted by Crippen LogP contribution is 2.56. The summed E-state index contributed by atoms with van der Waals surface area (Å²) in [6.07, 6.45) is 0. The molecular weight excluding hydrogens is 761 g/mol. The minimum absolute atomic E-state index is 0.0283. The molecule has 0 saturated heterocycles. The van der Waals surface area contributed by atoms with Gasteiger partial charge in [-0.15, -0.1) is 0 Å². The monoisotopic (exact) mass is 808 g/mol. The molecule has 2 heteroatoms. The third kappa shape index (κ3) is 4.79. The molecule has 0 radical (unpaired) electrons. The van der Waals surface area contributed by atoms with Crippen LogP contribution in [0.2, 0.25) is 0 Å². The van der Waals surface area contributed by atoms with Gasteiger partial charge in [-0.2, -0.15) is 0 Å².